The van der Waals surface area contributed by atoms with Gasteiger partial charge in [0.05, 0.1) is 0 Å². The molecule has 0 atom stereocenters. The van der Waals surface area contributed by atoms with Gasteiger partial charge in [-0.15, -0.1) is 0 Å². The molecule has 1 aromatic carbocycles. The molecule has 9 heteroatoms. The van der Waals surface area contributed by atoms with Crippen LogP contribution < -0.4 is 10.6 Å². The van der Waals surface area contributed by atoms with Gasteiger partial charge in [-0.2, -0.15) is 0 Å². The first-order chi connectivity index (χ1) is 15.5. The average Bonchev–Trinajstić information content (AvgIpc) is 3.20. The molecule has 1 saturated heterocycles. The van der Waals surface area contributed by atoms with Crippen molar-refractivity contribution < 1.29 is 14.0 Å². The van der Waals surface area contributed by atoms with Crippen molar-refractivity contribution in [1.29, 1.82) is 0 Å². The molecule has 1 fully saturated rings. The first kappa shape index (κ1) is 21.6. The van der Waals surface area contributed by atoms with Gasteiger partial charge >= 0.3 is 0 Å². The molecule has 2 aromatic heterocycles. The number of nitrogens with one attached hydrogen (secondary N) is 2. The van der Waals surface area contributed by atoms with E-state index >= 15 is 0 Å². The van der Waals surface area contributed by atoms with E-state index in [2.05, 4.69) is 36.1 Å². The third-order valence-corrected chi connectivity index (χ3v) is 5.61. The maximum atomic E-state index is 13.1. The summed E-state index contributed by atoms with van der Waals surface area (Å²) in [5.74, 6) is -1.24. The summed E-state index contributed by atoms with van der Waals surface area (Å²) in [6, 6.07) is 9.30. The van der Waals surface area contributed by atoms with Gasteiger partial charge in [0.25, 0.3) is 11.8 Å². The van der Waals surface area contributed by atoms with E-state index in [1.165, 1.54) is 42.4 Å². The number of hydrogen-bond donors (Lipinski definition) is 2. The van der Waals surface area contributed by atoms with Crippen LogP contribution in [-0.4, -0.2) is 50.4 Å². The number of carbonyl (C=O) groups is 2. The van der Waals surface area contributed by atoms with E-state index in [0.29, 0.717) is 0 Å². The molecule has 3 aromatic rings. The second kappa shape index (κ2) is 9.69. The van der Waals surface area contributed by atoms with Gasteiger partial charge in [-0.05, 0) is 49.2 Å². The molecular weight excluding hydrogens is 411 g/mol. The van der Waals surface area contributed by atoms with Gasteiger partial charge in [0.15, 0.2) is 11.5 Å². The molecule has 1 aliphatic rings. The Morgan fingerprint density at radius 1 is 1.06 bits per heavy atom. The van der Waals surface area contributed by atoms with Gasteiger partial charge < -0.3 is 15.2 Å². The lowest BCUT2D eigenvalue weighted by molar-refractivity contribution is 0.0904. The summed E-state index contributed by atoms with van der Waals surface area (Å²) in [5, 5.41) is 5.61. The Labute approximate surface area is 185 Å². The zero-order valence-electron chi connectivity index (χ0n) is 17.8. The third-order valence-electron chi connectivity index (χ3n) is 5.61. The van der Waals surface area contributed by atoms with E-state index in [0.717, 1.165) is 32.5 Å². The number of nitrogens with zero attached hydrogens (tertiary/aromatic N) is 4. The molecule has 0 unspecified atom stereocenters. The summed E-state index contributed by atoms with van der Waals surface area (Å²) < 4.78 is 15.2. The highest BCUT2D eigenvalue weighted by molar-refractivity contribution is 6.07. The molecule has 0 radical (unpaired) electrons. The number of carbonyl (C=O) groups excluding carboxylic acids is 2. The van der Waals surface area contributed by atoms with Crippen LogP contribution in [0.4, 0.5) is 10.2 Å². The number of hydrogen-bond acceptors (Lipinski definition) is 5. The molecule has 0 spiro atoms. The van der Waals surface area contributed by atoms with Crippen molar-refractivity contribution in [3.05, 3.63) is 77.8 Å². The van der Waals surface area contributed by atoms with Crippen molar-refractivity contribution in [3.8, 4) is 0 Å². The van der Waals surface area contributed by atoms with Gasteiger partial charge in [-0.1, -0.05) is 0 Å². The van der Waals surface area contributed by atoms with Crippen LogP contribution in [0, 0.1) is 5.82 Å². The zero-order chi connectivity index (χ0) is 22.5. The Kier molecular flexibility index (Phi) is 6.55. The fraction of sp³-hybridized carbons (Fsp3) is 0.304. The predicted octanol–water partition coefficient (Wildman–Crippen LogP) is 2.60. The summed E-state index contributed by atoms with van der Waals surface area (Å²) in [6.07, 6.45) is 6.50. The van der Waals surface area contributed by atoms with E-state index in [9.17, 15) is 14.0 Å². The van der Waals surface area contributed by atoms with Gasteiger partial charge in [0, 0.05) is 62.6 Å². The Bertz CT molecular complexity index is 1090. The standard InChI is InChI=1S/C23H25FN6O2/c1-29-12-2-3-19(29)15-30-13-8-18(9-14-30)27-23(32)20-21(26-11-10-25-20)28-22(31)16-4-6-17(24)7-5-16/h2-7,10-12,18H,8-9,13-15H2,1H3,(H,27,32)(H,26,28,31). The van der Waals surface area contributed by atoms with Crippen LogP contribution in [0.1, 0.15) is 39.4 Å². The van der Waals surface area contributed by atoms with Crippen molar-refractivity contribution >= 4 is 17.6 Å². The quantitative estimate of drug-likeness (QED) is 0.620. The highest BCUT2D eigenvalue weighted by Gasteiger charge is 2.24. The molecule has 8 nitrogen and oxygen atoms in total. The molecule has 0 saturated carbocycles. The minimum absolute atomic E-state index is 0.0230. The minimum atomic E-state index is -0.492. The van der Waals surface area contributed by atoms with Gasteiger partial charge in [-0.25, -0.2) is 14.4 Å². The summed E-state index contributed by atoms with van der Waals surface area (Å²) >= 11 is 0. The highest BCUT2D eigenvalue weighted by atomic mass is 19.1. The van der Waals surface area contributed by atoms with Crippen LogP contribution in [-0.2, 0) is 13.6 Å². The molecule has 3 heterocycles. The fourth-order valence-corrected chi connectivity index (χ4v) is 3.76. The van der Waals surface area contributed by atoms with Crippen LogP contribution in [0.2, 0.25) is 0 Å². The van der Waals surface area contributed by atoms with Gasteiger partial charge in [-0.3, -0.25) is 14.5 Å². The summed E-state index contributed by atoms with van der Waals surface area (Å²) in [5.41, 5.74) is 1.57. The second-order valence-corrected chi connectivity index (χ2v) is 7.85. The van der Waals surface area contributed by atoms with Gasteiger partial charge in [0.1, 0.15) is 5.82 Å². The highest BCUT2D eigenvalue weighted by Crippen LogP contribution is 2.16. The van der Waals surface area contributed by atoms with Crippen LogP contribution in [0.15, 0.2) is 55.0 Å². The van der Waals surface area contributed by atoms with Crippen LogP contribution in [0.3, 0.4) is 0 Å². The van der Waals surface area contributed by atoms with E-state index < -0.39 is 11.7 Å². The maximum Gasteiger partial charge on any atom is 0.273 e. The monoisotopic (exact) mass is 436 g/mol. The molecule has 4 rings (SSSR count). The lowest BCUT2D eigenvalue weighted by Crippen LogP contribution is -2.44. The van der Waals surface area contributed by atoms with Crippen molar-refractivity contribution in [2.75, 3.05) is 18.4 Å². The van der Waals surface area contributed by atoms with Crippen LogP contribution >= 0.6 is 0 Å². The molecule has 2 amide bonds. The number of anilines is 1. The number of halogens is 1. The number of amides is 2. The first-order valence-electron chi connectivity index (χ1n) is 10.5. The predicted molar refractivity (Wildman–Crippen MR) is 118 cm³/mol. The number of benzene rings is 1. The van der Waals surface area contributed by atoms with Gasteiger partial charge in [0.2, 0.25) is 0 Å². The van der Waals surface area contributed by atoms with Crippen LogP contribution in [0.25, 0.3) is 0 Å². The normalized spacial score (nSPS) is 14.8. The van der Waals surface area contributed by atoms with Crippen molar-refractivity contribution in [2.45, 2.75) is 25.4 Å². The lowest BCUT2D eigenvalue weighted by Gasteiger charge is -2.32. The topological polar surface area (TPSA) is 92.2 Å². The molecule has 0 bridgehead atoms. The number of aryl methyl sites for hydroxylation is 1. The Morgan fingerprint density at radius 2 is 1.78 bits per heavy atom. The van der Waals surface area contributed by atoms with E-state index in [4.69, 9.17) is 0 Å². The molecule has 166 valence electrons. The second-order valence-electron chi connectivity index (χ2n) is 7.85. The Balaban J connectivity index is 1.34. The third kappa shape index (κ3) is 5.17. The largest absolute Gasteiger partial charge is 0.353 e. The first-order valence-corrected chi connectivity index (χ1v) is 10.5. The number of piperidine rings is 1. The van der Waals surface area contributed by atoms with Crippen LogP contribution in [0.5, 0.6) is 0 Å². The Hall–Kier alpha value is -3.59. The Morgan fingerprint density at radius 3 is 2.47 bits per heavy atom. The molecule has 1 aliphatic heterocycles. The van der Waals surface area contributed by atoms with Crippen molar-refractivity contribution in [1.82, 2.24) is 24.8 Å². The number of aromatic nitrogens is 3. The summed E-state index contributed by atoms with van der Waals surface area (Å²) in [4.78, 5) is 35.9. The molecule has 0 aliphatic carbocycles. The average molecular weight is 436 g/mol. The van der Waals surface area contributed by atoms with E-state index in [1.54, 1.807) is 0 Å². The fourth-order valence-electron chi connectivity index (χ4n) is 3.76. The summed E-state index contributed by atoms with van der Waals surface area (Å²) in [7, 11) is 2.04. The summed E-state index contributed by atoms with van der Waals surface area (Å²) in [6.45, 7) is 2.64. The van der Waals surface area contributed by atoms with Crippen molar-refractivity contribution in [2.24, 2.45) is 7.05 Å². The maximum absolute atomic E-state index is 13.1. The minimum Gasteiger partial charge on any atom is -0.353 e. The zero-order valence-corrected chi connectivity index (χ0v) is 17.8. The smallest absolute Gasteiger partial charge is 0.273 e. The molecule has 2 N–H and O–H groups in total. The lowest BCUT2D eigenvalue weighted by atomic mass is 10.0. The number of likely N-dealkylation sites (tertiary alicyclic amines) is 1. The SMILES string of the molecule is Cn1cccc1CN1CCC(NC(=O)c2nccnc2NC(=O)c2ccc(F)cc2)CC1. The van der Waals surface area contributed by atoms with E-state index in [1.807, 2.05) is 19.3 Å². The van der Waals surface area contributed by atoms with E-state index in [-0.39, 0.29) is 29.0 Å². The molecule has 32 heavy (non-hydrogen) atoms. The number of rotatable bonds is 6. The van der Waals surface area contributed by atoms with Crippen molar-refractivity contribution in [3.63, 3.8) is 0 Å². The molecular formula is C23H25FN6O2.